The van der Waals surface area contributed by atoms with E-state index in [1.54, 1.807) is 11.1 Å². The Bertz CT molecular complexity index is 806. The van der Waals surface area contributed by atoms with Crippen LogP contribution in [0.1, 0.15) is 32.8 Å². The third kappa shape index (κ3) is 6.07. The van der Waals surface area contributed by atoms with Gasteiger partial charge in [0.25, 0.3) is 0 Å². The van der Waals surface area contributed by atoms with E-state index in [-0.39, 0.29) is 11.5 Å². The van der Waals surface area contributed by atoms with Crippen molar-refractivity contribution in [3.63, 3.8) is 0 Å². The van der Waals surface area contributed by atoms with E-state index in [2.05, 4.69) is 53.3 Å². The van der Waals surface area contributed by atoms with Crippen LogP contribution in [-0.2, 0) is 6.42 Å². The smallest absolute Gasteiger partial charge is 0.407 e. The van der Waals surface area contributed by atoms with Crippen molar-refractivity contribution in [1.29, 1.82) is 0 Å². The lowest BCUT2D eigenvalue weighted by atomic mass is 9.95. The van der Waals surface area contributed by atoms with Gasteiger partial charge in [0.05, 0.1) is 17.9 Å². The number of hydrogen-bond donors (Lipinski definition) is 2. The summed E-state index contributed by atoms with van der Waals surface area (Å²) in [5.41, 5.74) is 2.18. The highest BCUT2D eigenvalue weighted by Crippen LogP contribution is 2.26. The summed E-state index contributed by atoms with van der Waals surface area (Å²) in [6, 6.07) is 12.3. The lowest BCUT2D eigenvalue weighted by Gasteiger charge is -2.32. The van der Waals surface area contributed by atoms with Gasteiger partial charge in [-0.1, -0.05) is 51.1 Å². The highest BCUT2D eigenvalue weighted by atomic mass is 16.4. The summed E-state index contributed by atoms with van der Waals surface area (Å²) in [5, 5.41) is 21.3. The van der Waals surface area contributed by atoms with E-state index in [1.807, 2.05) is 24.3 Å². The van der Waals surface area contributed by atoms with Crippen LogP contribution in [-0.4, -0.2) is 58.5 Å². The fourth-order valence-electron chi connectivity index (χ4n) is 3.69. The largest absolute Gasteiger partial charge is 0.465 e. The average molecular weight is 398 g/mol. The first-order valence-corrected chi connectivity index (χ1v) is 10.2. The molecule has 0 spiro atoms. The maximum Gasteiger partial charge on any atom is 0.407 e. The topological polar surface area (TPSA) is 81.6 Å². The molecule has 1 aliphatic rings. The SMILES string of the molecule is CC(C)(C)CN(C(=O)O)C1CCN(c2cnnc(NCCc3ccccc3)c2)C1. The van der Waals surface area contributed by atoms with Gasteiger partial charge in [-0.3, -0.25) is 0 Å². The average Bonchev–Trinajstić information content (AvgIpc) is 3.16. The van der Waals surface area contributed by atoms with Crippen molar-refractivity contribution in [1.82, 2.24) is 15.1 Å². The third-order valence-corrected chi connectivity index (χ3v) is 5.06. The van der Waals surface area contributed by atoms with E-state index in [1.165, 1.54) is 5.56 Å². The summed E-state index contributed by atoms with van der Waals surface area (Å²) in [7, 11) is 0. The van der Waals surface area contributed by atoms with Crippen LogP contribution in [0.5, 0.6) is 0 Å². The van der Waals surface area contributed by atoms with Crippen LogP contribution in [0.25, 0.3) is 0 Å². The molecule has 1 aromatic heterocycles. The monoisotopic (exact) mass is 397 g/mol. The molecule has 7 nitrogen and oxygen atoms in total. The highest BCUT2D eigenvalue weighted by molar-refractivity contribution is 5.66. The molecule has 0 bridgehead atoms. The van der Waals surface area contributed by atoms with Gasteiger partial charge in [-0.25, -0.2) is 4.79 Å². The second-order valence-electron chi connectivity index (χ2n) is 8.82. The summed E-state index contributed by atoms with van der Waals surface area (Å²) < 4.78 is 0. The Kier molecular flexibility index (Phi) is 6.56. The van der Waals surface area contributed by atoms with Crippen molar-refractivity contribution >= 4 is 17.6 Å². The number of benzene rings is 1. The van der Waals surface area contributed by atoms with Crippen LogP contribution < -0.4 is 10.2 Å². The maximum atomic E-state index is 11.8. The molecule has 1 amide bonds. The van der Waals surface area contributed by atoms with Gasteiger partial charge in [0, 0.05) is 32.2 Å². The molecule has 1 fully saturated rings. The molecule has 1 saturated heterocycles. The summed E-state index contributed by atoms with van der Waals surface area (Å²) in [4.78, 5) is 15.6. The molecule has 2 N–H and O–H groups in total. The number of hydrogen-bond acceptors (Lipinski definition) is 5. The summed E-state index contributed by atoms with van der Waals surface area (Å²) >= 11 is 0. The van der Waals surface area contributed by atoms with E-state index in [0.717, 1.165) is 37.4 Å². The fourth-order valence-corrected chi connectivity index (χ4v) is 3.69. The summed E-state index contributed by atoms with van der Waals surface area (Å²) in [5.74, 6) is 0.742. The lowest BCUT2D eigenvalue weighted by Crippen LogP contribution is -2.45. The number of rotatable bonds is 7. The minimum absolute atomic E-state index is 0.00520. The molecule has 1 unspecified atom stereocenters. The van der Waals surface area contributed by atoms with E-state index in [4.69, 9.17) is 0 Å². The fraction of sp³-hybridized carbons (Fsp3) is 0.500. The molecule has 156 valence electrons. The summed E-state index contributed by atoms with van der Waals surface area (Å²) in [6.45, 7) is 9.00. The van der Waals surface area contributed by atoms with Crippen LogP contribution in [0.4, 0.5) is 16.3 Å². The molecular weight excluding hydrogens is 366 g/mol. The zero-order valence-corrected chi connectivity index (χ0v) is 17.5. The molecule has 1 atom stereocenters. The predicted octanol–water partition coefficient (Wildman–Crippen LogP) is 3.74. The van der Waals surface area contributed by atoms with Crippen molar-refractivity contribution in [2.45, 2.75) is 39.7 Å². The molecule has 2 aromatic rings. The molecule has 1 aromatic carbocycles. The van der Waals surface area contributed by atoms with Gasteiger partial charge < -0.3 is 20.2 Å². The normalized spacial score (nSPS) is 16.7. The first-order valence-electron chi connectivity index (χ1n) is 10.2. The molecule has 3 rings (SSSR count). The molecule has 0 aliphatic carbocycles. The van der Waals surface area contributed by atoms with Gasteiger partial charge >= 0.3 is 6.09 Å². The van der Waals surface area contributed by atoms with Gasteiger partial charge in [-0.05, 0) is 23.8 Å². The molecular formula is C22H31N5O2. The Morgan fingerprint density at radius 3 is 2.76 bits per heavy atom. The van der Waals surface area contributed by atoms with E-state index >= 15 is 0 Å². The Morgan fingerprint density at radius 2 is 2.07 bits per heavy atom. The predicted molar refractivity (Wildman–Crippen MR) is 115 cm³/mol. The maximum absolute atomic E-state index is 11.8. The third-order valence-electron chi connectivity index (χ3n) is 5.06. The van der Waals surface area contributed by atoms with Crippen LogP contribution in [0, 0.1) is 5.41 Å². The van der Waals surface area contributed by atoms with Gasteiger partial charge in [-0.2, -0.15) is 5.10 Å². The van der Waals surface area contributed by atoms with Crippen molar-refractivity contribution in [3.05, 3.63) is 48.2 Å². The van der Waals surface area contributed by atoms with Crippen molar-refractivity contribution in [3.8, 4) is 0 Å². The number of anilines is 2. The number of aromatic nitrogens is 2. The van der Waals surface area contributed by atoms with E-state index in [0.29, 0.717) is 13.1 Å². The van der Waals surface area contributed by atoms with Crippen LogP contribution >= 0.6 is 0 Å². The quantitative estimate of drug-likeness (QED) is 0.741. The molecule has 1 aliphatic heterocycles. The van der Waals surface area contributed by atoms with Gasteiger partial charge in [-0.15, -0.1) is 5.10 Å². The molecule has 7 heteroatoms. The Balaban J connectivity index is 1.58. The van der Waals surface area contributed by atoms with E-state index in [9.17, 15) is 9.90 Å². The number of amides is 1. The van der Waals surface area contributed by atoms with Crippen molar-refractivity contribution < 1.29 is 9.90 Å². The van der Waals surface area contributed by atoms with Crippen molar-refractivity contribution in [2.75, 3.05) is 36.4 Å². The van der Waals surface area contributed by atoms with Gasteiger partial charge in [0.1, 0.15) is 0 Å². The lowest BCUT2D eigenvalue weighted by molar-refractivity contribution is 0.107. The second-order valence-corrected chi connectivity index (χ2v) is 8.82. The molecule has 29 heavy (non-hydrogen) atoms. The highest BCUT2D eigenvalue weighted by Gasteiger charge is 2.33. The minimum Gasteiger partial charge on any atom is -0.465 e. The number of nitrogens with zero attached hydrogens (tertiary/aromatic N) is 4. The molecule has 2 heterocycles. The second kappa shape index (κ2) is 9.11. The van der Waals surface area contributed by atoms with Gasteiger partial charge in [0.15, 0.2) is 5.82 Å². The Labute approximate surface area is 172 Å². The zero-order valence-electron chi connectivity index (χ0n) is 17.5. The van der Waals surface area contributed by atoms with E-state index < -0.39 is 6.09 Å². The number of carboxylic acid groups (broad SMARTS) is 1. The molecule has 0 radical (unpaired) electrons. The van der Waals surface area contributed by atoms with Crippen LogP contribution in [0.15, 0.2) is 42.6 Å². The summed E-state index contributed by atoms with van der Waals surface area (Å²) in [6.07, 6.45) is 2.64. The van der Waals surface area contributed by atoms with Crippen LogP contribution in [0.3, 0.4) is 0 Å². The minimum atomic E-state index is -0.845. The molecule has 0 saturated carbocycles. The first-order chi connectivity index (χ1) is 13.8. The Morgan fingerprint density at radius 1 is 1.31 bits per heavy atom. The van der Waals surface area contributed by atoms with Gasteiger partial charge in [0.2, 0.25) is 0 Å². The standard InChI is InChI=1S/C22H31N5O2/c1-22(2,3)16-27(21(28)29)18-10-12-26(15-18)19-13-20(25-24-14-19)23-11-9-17-7-5-4-6-8-17/h4-8,13-14,18H,9-12,15-16H2,1-3H3,(H,23,25)(H,28,29). The van der Waals surface area contributed by atoms with Crippen LogP contribution in [0.2, 0.25) is 0 Å². The Hall–Kier alpha value is -2.83. The van der Waals surface area contributed by atoms with Crippen molar-refractivity contribution in [2.24, 2.45) is 5.41 Å². The first kappa shape index (κ1) is 20.9. The number of nitrogens with one attached hydrogen (secondary N) is 1. The zero-order chi connectivity index (χ0) is 20.9. The number of carbonyl (C=O) groups is 1.